The second kappa shape index (κ2) is 5.33. The van der Waals surface area contributed by atoms with Gasteiger partial charge in [0.05, 0.1) is 11.2 Å². The van der Waals surface area contributed by atoms with Crippen LogP contribution in [0.5, 0.6) is 0 Å². The second-order valence-corrected chi connectivity index (χ2v) is 4.99. The third-order valence-electron chi connectivity index (χ3n) is 2.86. The van der Waals surface area contributed by atoms with Gasteiger partial charge in [-0.05, 0) is 18.2 Å². The third kappa shape index (κ3) is 2.56. The molecule has 3 aromatic rings. The molecule has 0 aliphatic rings. The highest BCUT2D eigenvalue weighted by atomic mass is 79.9. The first-order chi connectivity index (χ1) is 9.34. The zero-order chi connectivity index (χ0) is 13.1. The number of para-hydroxylation sites is 1. The molecule has 0 saturated heterocycles. The SMILES string of the molecule is Brc1ccccc1C=Nc1cccc2cccnc12. The van der Waals surface area contributed by atoms with Gasteiger partial charge < -0.3 is 0 Å². The Balaban J connectivity index is 2.04. The fourth-order valence-electron chi connectivity index (χ4n) is 1.91. The number of pyridine rings is 1. The lowest BCUT2D eigenvalue weighted by Crippen LogP contribution is -1.83. The summed E-state index contributed by atoms with van der Waals surface area (Å²) in [6.07, 6.45) is 3.65. The molecule has 2 nitrogen and oxygen atoms in total. The zero-order valence-electron chi connectivity index (χ0n) is 10.1. The average Bonchev–Trinajstić information content (AvgIpc) is 2.46. The number of hydrogen-bond acceptors (Lipinski definition) is 2. The van der Waals surface area contributed by atoms with Crippen molar-refractivity contribution in [2.24, 2.45) is 4.99 Å². The highest BCUT2D eigenvalue weighted by Crippen LogP contribution is 2.24. The molecule has 1 aromatic heterocycles. The van der Waals surface area contributed by atoms with Crippen LogP contribution in [0, 0.1) is 0 Å². The summed E-state index contributed by atoms with van der Waals surface area (Å²) in [6.45, 7) is 0. The lowest BCUT2D eigenvalue weighted by molar-refractivity contribution is 1.39. The van der Waals surface area contributed by atoms with E-state index in [4.69, 9.17) is 0 Å². The van der Waals surface area contributed by atoms with Gasteiger partial charge in [-0.2, -0.15) is 0 Å². The quantitative estimate of drug-likeness (QED) is 0.627. The van der Waals surface area contributed by atoms with E-state index in [1.54, 1.807) is 6.20 Å². The molecule has 0 N–H and O–H groups in total. The smallest absolute Gasteiger partial charge is 0.0958 e. The highest BCUT2D eigenvalue weighted by molar-refractivity contribution is 9.10. The number of rotatable bonds is 2. The normalized spacial score (nSPS) is 11.2. The van der Waals surface area contributed by atoms with E-state index in [0.29, 0.717) is 0 Å². The second-order valence-electron chi connectivity index (χ2n) is 4.13. The summed E-state index contributed by atoms with van der Waals surface area (Å²) in [5.41, 5.74) is 2.86. The van der Waals surface area contributed by atoms with Crippen LogP contribution >= 0.6 is 15.9 Å². The van der Waals surface area contributed by atoms with E-state index < -0.39 is 0 Å². The van der Waals surface area contributed by atoms with Crippen LogP contribution in [0.3, 0.4) is 0 Å². The van der Waals surface area contributed by atoms with Gasteiger partial charge in [0.2, 0.25) is 0 Å². The fraction of sp³-hybridized carbons (Fsp3) is 0. The van der Waals surface area contributed by atoms with Gasteiger partial charge >= 0.3 is 0 Å². The van der Waals surface area contributed by atoms with E-state index in [1.165, 1.54) is 0 Å². The summed E-state index contributed by atoms with van der Waals surface area (Å²) in [6, 6.07) is 18.0. The molecule has 0 spiro atoms. The van der Waals surface area contributed by atoms with Crippen molar-refractivity contribution >= 4 is 38.7 Å². The van der Waals surface area contributed by atoms with Crippen molar-refractivity contribution in [3.05, 3.63) is 70.8 Å². The standard InChI is InChI=1S/C16H11BrN2/c17-14-8-2-1-5-13(14)11-19-15-9-3-6-12-7-4-10-18-16(12)15/h1-11H. The van der Waals surface area contributed by atoms with Crippen LogP contribution in [0.25, 0.3) is 10.9 Å². The lowest BCUT2D eigenvalue weighted by atomic mass is 10.2. The van der Waals surface area contributed by atoms with Gasteiger partial charge in [0.15, 0.2) is 0 Å². The Bertz CT molecular complexity index is 745. The molecule has 0 bridgehead atoms. The van der Waals surface area contributed by atoms with E-state index in [9.17, 15) is 0 Å². The third-order valence-corrected chi connectivity index (χ3v) is 3.58. The fourth-order valence-corrected chi connectivity index (χ4v) is 2.30. The molecule has 1 heterocycles. The van der Waals surface area contributed by atoms with Gasteiger partial charge in [-0.25, -0.2) is 0 Å². The van der Waals surface area contributed by atoms with Crippen molar-refractivity contribution < 1.29 is 0 Å². The lowest BCUT2D eigenvalue weighted by Gasteiger charge is -2.01. The Morgan fingerprint density at radius 3 is 2.68 bits per heavy atom. The van der Waals surface area contributed by atoms with Gasteiger partial charge in [0.25, 0.3) is 0 Å². The monoisotopic (exact) mass is 310 g/mol. The first-order valence-corrected chi connectivity index (χ1v) is 6.76. The largest absolute Gasteiger partial charge is 0.254 e. The molecular formula is C16H11BrN2. The number of aromatic nitrogens is 1. The first kappa shape index (κ1) is 12.1. The van der Waals surface area contributed by atoms with E-state index in [-0.39, 0.29) is 0 Å². The van der Waals surface area contributed by atoms with Crippen LogP contribution in [-0.2, 0) is 0 Å². The highest BCUT2D eigenvalue weighted by Gasteiger charge is 1.99. The molecule has 0 saturated carbocycles. The molecular weight excluding hydrogens is 300 g/mol. The summed E-state index contributed by atoms with van der Waals surface area (Å²) in [5, 5.41) is 1.10. The van der Waals surface area contributed by atoms with Crippen LogP contribution in [0.15, 0.2) is 70.3 Å². The maximum Gasteiger partial charge on any atom is 0.0958 e. The molecule has 0 atom stereocenters. The molecule has 0 radical (unpaired) electrons. The van der Waals surface area contributed by atoms with Gasteiger partial charge in [0, 0.05) is 27.8 Å². The molecule has 2 aromatic carbocycles. The molecule has 3 heteroatoms. The van der Waals surface area contributed by atoms with Crippen LogP contribution in [0.2, 0.25) is 0 Å². The maximum absolute atomic E-state index is 4.55. The summed E-state index contributed by atoms with van der Waals surface area (Å²) in [4.78, 5) is 8.94. The molecule has 0 aliphatic carbocycles. The topological polar surface area (TPSA) is 25.2 Å². The Kier molecular flexibility index (Phi) is 3.38. The van der Waals surface area contributed by atoms with E-state index in [2.05, 4.69) is 25.9 Å². The van der Waals surface area contributed by atoms with Crippen molar-refractivity contribution in [2.75, 3.05) is 0 Å². The summed E-state index contributed by atoms with van der Waals surface area (Å²) >= 11 is 3.51. The number of halogens is 1. The van der Waals surface area contributed by atoms with Crippen LogP contribution in [0.4, 0.5) is 5.69 Å². The number of aliphatic imine (C=N–C) groups is 1. The van der Waals surface area contributed by atoms with E-state index in [0.717, 1.165) is 26.6 Å². The van der Waals surface area contributed by atoms with Crippen molar-refractivity contribution in [2.45, 2.75) is 0 Å². The Morgan fingerprint density at radius 1 is 0.947 bits per heavy atom. The van der Waals surface area contributed by atoms with E-state index >= 15 is 0 Å². The minimum Gasteiger partial charge on any atom is -0.254 e. The summed E-state index contributed by atoms with van der Waals surface area (Å²) in [7, 11) is 0. The van der Waals surface area contributed by atoms with Crippen molar-refractivity contribution in [3.8, 4) is 0 Å². The molecule has 19 heavy (non-hydrogen) atoms. The van der Waals surface area contributed by atoms with Crippen LogP contribution < -0.4 is 0 Å². The number of fused-ring (bicyclic) bond motifs is 1. The van der Waals surface area contributed by atoms with Gasteiger partial charge in [-0.3, -0.25) is 9.98 Å². The molecule has 0 unspecified atom stereocenters. The minimum absolute atomic E-state index is 0.883. The van der Waals surface area contributed by atoms with Crippen molar-refractivity contribution in [3.63, 3.8) is 0 Å². The molecule has 0 fully saturated rings. The van der Waals surface area contributed by atoms with Crippen molar-refractivity contribution in [1.29, 1.82) is 0 Å². The predicted molar refractivity (Wildman–Crippen MR) is 83.1 cm³/mol. The molecule has 0 amide bonds. The van der Waals surface area contributed by atoms with Crippen LogP contribution in [-0.4, -0.2) is 11.2 Å². The molecule has 92 valence electrons. The number of hydrogen-bond donors (Lipinski definition) is 0. The summed E-state index contributed by atoms with van der Waals surface area (Å²) < 4.78 is 1.03. The number of nitrogens with zero attached hydrogens (tertiary/aromatic N) is 2. The Hall–Kier alpha value is -2.00. The van der Waals surface area contributed by atoms with Gasteiger partial charge in [0.1, 0.15) is 0 Å². The zero-order valence-corrected chi connectivity index (χ0v) is 11.7. The van der Waals surface area contributed by atoms with Gasteiger partial charge in [-0.15, -0.1) is 0 Å². The van der Waals surface area contributed by atoms with Gasteiger partial charge in [-0.1, -0.05) is 52.3 Å². The Morgan fingerprint density at radius 2 is 1.79 bits per heavy atom. The maximum atomic E-state index is 4.55. The predicted octanol–water partition coefficient (Wildman–Crippen LogP) is 4.75. The minimum atomic E-state index is 0.883. The summed E-state index contributed by atoms with van der Waals surface area (Å²) in [5.74, 6) is 0. The molecule has 3 rings (SSSR count). The average molecular weight is 311 g/mol. The van der Waals surface area contributed by atoms with Crippen molar-refractivity contribution in [1.82, 2.24) is 4.98 Å². The Labute approximate surface area is 120 Å². The number of benzene rings is 2. The van der Waals surface area contributed by atoms with Crippen LogP contribution in [0.1, 0.15) is 5.56 Å². The first-order valence-electron chi connectivity index (χ1n) is 5.97. The molecule has 0 aliphatic heterocycles. The van der Waals surface area contributed by atoms with E-state index in [1.807, 2.05) is 60.8 Å².